The first-order valence-electron chi connectivity index (χ1n) is 7.33. The van der Waals surface area contributed by atoms with Crippen LogP contribution in [0.15, 0.2) is 6.07 Å². The molecule has 0 aromatic carbocycles. The molecule has 0 unspecified atom stereocenters. The summed E-state index contributed by atoms with van der Waals surface area (Å²) in [5.74, 6) is 1.58. The molecular formula is C16H24N4. The molecule has 108 valence electrons. The lowest BCUT2D eigenvalue weighted by atomic mass is 9.78. The first-order valence-corrected chi connectivity index (χ1v) is 7.33. The first kappa shape index (κ1) is 14.8. The summed E-state index contributed by atoms with van der Waals surface area (Å²) >= 11 is 0. The average Bonchev–Trinajstić information content (AvgIpc) is 2.78. The predicted molar refractivity (Wildman–Crippen MR) is 81.7 cm³/mol. The quantitative estimate of drug-likeness (QED) is 0.884. The largest absolute Gasteiger partial charge is 0.369 e. The number of aryl methyl sites for hydroxylation is 2. The second kappa shape index (κ2) is 5.80. The Balaban J connectivity index is 2.10. The summed E-state index contributed by atoms with van der Waals surface area (Å²) < 4.78 is 0. The summed E-state index contributed by atoms with van der Waals surface area (Å²) in [6.07, 6.45) is 1.20. The zero-order chi connectivity index (χ0) is 14.8. The summed E-state index contributed by atoms with van der Waals surface area (Å²) in [5.41, 5.74) is 2.75. The van der Waals surface area contributed by atoms with E-state index in [0.29, 0.717) is 11.5 Å². The van der Waals surface area contributed by atoms with Gasteiger partial charge in [-0.2, -0.15) is 5.26 Å². The predicted octanol–water partition coefficient (Wildman–Crippen LogP) is 2.62. The molecule has 0 saturated carbocycles. The molecule has 1 aliphatic heterocycles. The van der Waals surface area contributed by atoms with Gasteiger partial charge >= 0.3 is 0 Å². The standard InChI is InChI=1S/C16H24N4/c1-5-13-8-18-9-16(13,4)10-19-15-6-11(2)14(7-17)12(3)20-15/h6,13,18H,5,8-10H2,1-4H3,(H,19,20)/t13-,16-/m1/s1. The Hall–Kier alpha value is -1.60. The number of hydrogen-bond acceptors (Lipinski definition) is 4. The molecule has 1 saturated heterocycles. The van der Waals surface area contributed by atoms with Crippen molar-refractivity contribution in [3.8, 4) is 6.07 Å². The lowest BCUT2D eigenvalue weighted by Crippen LogP contribution is -2.34. The van der Waals surface area contributed by atoms with Crippen molar-refractivity contribution in [2.24, 2.45) is 11.3 Å². The van der Waals surface area contributed by atoms with Gasteiger partial charge in [0.05, 0.1) is 11.3 Å². The van der Waals surface area contributed by atoms with Crippen molar-refractivity contribution >= 4 is 5.82 Å². The highest BCUT2D eigenvalue weighted by Crippen LogP contribution is 2.33. The van der Waals surface area contributed by atoms with Crippen molar-refractivity contribution in [2.75, 3.05) is 25.0 Å². The minimum atomic E-state index is 0.270. The number of aromatic nitrogens is 1. The highest BCUT2D eigenvalue weighted by molar-refractivity contribution is 5.48. The Morgan fingerprint density at radius 2 is 2.30 bits per heavy atom. The molecule has 0 bridgehead atoms. The molecule has 1 aromatic heterocycles. The van der Waals surface area contributed by atoms with Crippen LogP contribution < -0.4 is 10.6 Å². The van der Waals surface area contributed by atoms with E-state index in [4.69, 9.17) is 5.26 Å². The Labute approximate surface area is 121 Å². The number of hydrogen-bond donors (Lipinski definition) is 2. The number of nitrogens with zero attached hydrogens (tertiary/aromatic N) is 2. The fourth-order valence-electron chi connectivity index (χ4n) is 3.15. The highest BCUT2D eigenvalue weighted by Gasteiger charge is 2.37. The summed E-state index contributed by atoms with van der Waals surface area (Å²) in [7, 11) is 0. The van der Waals surface area contributed by atoms with Gasteiger partial charge in [0.1, 0.15) is 11.9 Å². The van der Waals surface area contributed by atoms with Crippen LogP contribution in [-0.4, -0.2) is 24.6 Å². The summed E-state index contributed by atoms with van der Waals surface area (Å²) in [6.45, 7) is 11.5. The molecule has 1 aliphatic rings. The zero-order valence-corrected chi connectivity index (χ0v) is 12.9. The van der Waals surface area contributed by atoms with Gasteiger partial charge in [-0.15, -0.1) is 0 Å². The zero-order valence-electron chi connectivity index (χ0n) is 12.9. The fourth-order valence-corrected chi connectivity index (χ4v) is 3.15. The van der Waals surface area contributed by atoms with Crippen LogP contribution in [-0.2, 0) is 0 Å². The Morgan fingerprint density at radius 3 is 2.90 bits per heavy atom. The maximum absolute atomic E-state index is 9.08. The lowest BCUT2D eigenvalue weighted by molar-refractivity contribution is 0.268. The van der Waals surface area contributed by atoms with E-state index in [2.05, 4.69) is 35.5 Å². The van der Waals surface area contributed by atoms with Gasteiger partial charge in [0.2, 0.25) is 0 Å². The number of anilines is 1. The Kier molecular flexibility index (Phi) is 4.29. The van der Waals surface area contributed by atoms with E-state index in [1.807, 2.05) is 19.9 Å². The SMILES string of the molecule is CC[C@@H]1CNC[C@]1(C)CNc1cc(C)c(C#N)c(C)n1. The molecule has 0 radical (unpaired) electrons. The second-order valence-electron chi connectivity index (χ2n) is 6.14. The molecule has 2 rings (SSSR count). The molecule has 4 heteroatoms. The van der Waals surface area contributed by atoms with Crippen LogP contribution in [0.4, 0.5) is 5.82 Å². The molecule has 1 fully saturated rings. The molecule has 0 amide bonds. The topological polar surface area (TPSA) is 60.7 Å². The van der Waals surface area contributed by atoms with E-state index in [1.165, 1.54) is 6.42 Å². The van der Waals surface area contributed by atoms with Crippen LogP contribution in [0.25, 0.3) is 0 Å². The van der Waals surface area contributed by atoms with Crippen molar-refractivity contribution in [3.05, 3.63) is 22.9 Å². The molecule has 0 spiro atoms. The summed E-state index contributed by atoms with van der Waals surface area (Å²) in [4.78, 5) is 4.49. The van der Waals surface area contributed by atoms with Gasteiger partial charge < -0.3 is 10.6 Å². The van der Waals surface area contributed by atoms with Crippen molar-refractivity contribution in [1.82, 2.24) is 10.3 Å². The second-order valence-corrected chi connectivity index (χ2v) is 6.14. The van der Waals surface area contributed by atoms with Crippen LogP contribution in [0.3, 0.4) is 0 Å². The number of pyridine rings is 1. The molecule has 2 N–H and O–H groups in total. The van der Waals surface area contributed by atoms with Gasteiger partial charge in [-0.25, -0.2) is 4.98 Å². The minimum absolute atomic E-state index is 0.270. The molecule has 4 nitrogen and oxygen atoms in total. The van der Waals surface area contributed by atoms with Gasteiger partial charge in [0.15, 0.2) is 0 Å². The van der Waals surface area contributed by atoms with E-state index in [-0.39, 0.29) is 5.41 Å². The smallest absolute Gasteiger partial charge is 0.126 e. The Bertz CT molecular complexity index is 509. The van der Waals surface area contributed by atoms with E-state index in [0.717, 1.165) is 36.7 Å². The van der Waals surface area contributed by atoms with Crippen molar-refractivity contribution < 1.29 is 0 Å². The monoisotopic (exact) mass is 272 g/mol. The van der Waals surface area contributed by atoms with Crippen LogP contribution in [0, 0.1) is 36.5 Å². The van der Waals surface area contributed by atoms with E-state index in [9.17, 15) is 0 Å². The van der Waals surface area contributed by atoms with E-state index >= 15 is 0 Å². The fraction of sp³-hybridized carbons (Fsp3) is 0.625. The number of nitriles is 1. The highest BCUT2D eigenvalue weighted by atomic mass is 15.0. The van der Waals surface area contributed by atoms with Crippen molar-refractivity contribution in [2.45, 2.75) is 34.1 Å². The molecular weight excluding hydrogens is 248 g/mol. The van der Waals surface area contributed by atoms with Crippen LogP contribution in [0.1, 0.15) is 37.1 Å². The molecule has 2 heterocycles. The van der Waals surface area contributed by atoms with Gasteiger partial charge in [-0.1, -0.05) is 20.3 Å². The number of nitrogens with one attached hydrogen (secondary N) is 2. The van der Waals surface area contributed by atoms with Crippen LogP contribution in [0.2, 0.25) is 0 Å². The summed E-state index contributed by atoms with van der Waals surface area (Å²) in [5, 5.41) is 16.0. The molecule has 0 aliphatic carbocycles. The first-order chi connectivity index (χ1) is 9.50. The molecule has 20 heavy (non-hydrogen) atoms. The number of rotatable bonds is 4. The maximum atomic E-state index is 9.08. The van der Waals surface area contributed by atoms with Crippen molar-refractivity contribution in [3.63, 3.8) is 0 Å². The van der Waals surface area contributed by atoms with Gasteiger partial charge in [-0.05, 0) is 37.9 Å². The molecule has 1 aromatic rings. The molecule has 2 atom stereocenters. The Morgan fingerprint density at radius 1 is 1.55 bits per heavy atom. The minimum Gasteiger partial charge on any atom is -0.369 e. The van der Waals surface area contributed by atoms with Crippen molar-refractivity contribution in [1.29, 1.82) is 5.26 Å². The lowest BCUT2D eigenvalue weighted by Gasteiger charge is -2.30. The third-order valence-corrected chi connectivity index (χ3v) is 4.58. The van der Waals surface area contributed by atoms with E-state index < -0.39 is 0 Å². The van der Waals surface area contributed by atoms with Crippen LogP contribution >= 0.6 is 0 Å². The normalized spacial score (nSPS) is 25.4. The van der Waals surface area contributed by atoms with Crippen LogP contribution in [0.5, 0.6) is 0 Å². The van der Waals surface area contributed by atoms with Gasteiger partial charge in [0.25, 0.3) is 0 Å². The third-order valence-electron chi connectivity index (χ3n) is 4.58. The average molecular weight is 272 g/mol. The maximum Gasteiger partial charge on any atom is 0.126 e. The van der Waals surface area contributed by atoms with Gasteiger partial charge in [-0.3, -0.25) is 0 Å². The van der Waals surface area contributed by atoms with E-state index in [1.54, 1.807) is 0 Å². The third kappa shape index (κ3) is 2.78. The summed E-state index contributed by atoms with van der Waals surface area (Å²) in [6, 6.07) is 4.18. The van der Waals surface area contributed by atoms with Gasteiger partial charge in [0, 0.05) is 18.5 Å².